The molecular weight excluding hydrogens is 256 g/mol. The fraction of sp³-hybridized carbons (Fsp3) is 0.733. The van der Waals surface area contributed by atoms with Crippen LogP contribution in [-0.2, 0) is 4.79 Å². The van der Waals surface area contributed by atoms with Gasteiger partial charge in [-0.25, -0.2) is 4.79 Å². The third-order valence-electron chi connectivity index (χ3n) is 3.74. The van der Waals surface area contributed by atoms with Gasteiger partial charge in [0.15, 0.2) is 0 Å². The number of carbonyl (C=O) groups is 2. The van der Waals surface area contributed by atoms with Crippen LogP contribution in [0.3, 0.4) is 0 Å². The van der Waals surface area contributed by atoms with Crippen molar-refractivity contribution >= 4 is 12.0 Å². The normalized spacial score (nSPS) is 17.0. The number of hydrogen-bond acceptors (Lipinski definition) is 2. The molecule has 1 aliphatic rings. The minimum Gasteiger partial charge on any atom is -0.481 e. The van der Waals surface area contributed by atoms with Crippen LogP contribution in [0, 0.1) is 12.3 Å². The van der Waals surface area contributed by atoms with Gasteiger partial charge in [-0.2, -0.15) is 0 Å². The largest absolute Gasteiger partial charge is 0.481 e. The van der Waals surface area contributed by atoms with Gasteiger partial charge in [-0.3, -0.25) is 4.79 Å². The molecule has 0 aromatic heterocycles. The van der Waals surface area contributed by atoms with Crippen LogP contribution in [0.15, 0.2) is 0 Å². The summed E-state index contributed by atoms with van der Waals surface area (Å²) in [4.78, 5) is 25.0. The smallest absolute Gasteiger partial charge is 0.318 e. The van der Waals surface area contributed by atoms with Gasteiger partial charge in [0, 0.05) is 6.54 Å². The van der Waals surface area contributed by atoms with Crippen LogP contribution in [-0.4, -0.2) is 40.6 Å². The van der Waals surface area contributed by atoms with E-state index in [4.69, 9.17) is 11.5 Å². The summed E-state index contributed by atoms with van der Waals surface area (Å²) in [6.07, 6.45) is 10.5. The van der Waals surface area contributed by atoms with Crippen molar-refractivity contribution in [2.75, 3.05) is 13.1 Å². The number of aliphatic carboxylic acids is 1. The molecule has 1 rings (SSSR count). The maximum atomic E-state index is 12.3. The Morgan fingerprint density at radius 2 is 2.00 bits per heavy atom. The zero-order valence-electron chi connectivity index (χ0n) is 12.2. The van der Waals surface area contributed by atoms with Crippen molar-refractivity contribution in [3.8, 4) is 12.3 Å². The first-order valence-electron chi connectivity index (χ1n) is 7.25. The van der Waals surface area contributed by atoms with Gasteiger partial charge >= 0.3 is 12.0 Å². The van der Waals surface area contributed by atoms with Crippen LogP contribution < -0.4 is 5.32 Å². The van der Waals surface area contributed by atoms with Gasteiger partial charge in [-0.1, -0.05) is 32.1 Å². The van der Waals surface area contributed by atoms with E-state index in [0.717, 1.165) is 38.5 Å². The zero-order valence-corrected chi connectivity index (χ0v) is 12.2. The summed E-state index contributed by atoms with van der Waals surface area (Å²) in [5, 5.41) is 12.0. The number of amides is 2. The van der Waals surface area contributed by atoms with Crippen molar-refractivity contribution in [1.82, 2.24) is 10.2 Å². The van der Waals surface area contributed by atoms with Gasteiger partial charge in [-0.05, 0) is 19.3 Å². The molecule has 0 aliphatic heterocycles. The Morgan fingerprint density at radius 1 is 1.35 bits per heavy atom. The minimum absolute atomic E-state index is 0.0191. The number of urea groups is 1. The highest BCUT2D eigenvalue weighted by molar-refractivity contribution is 5.77. The van der Waals surface area contributed by atoms with E-state index in [2.05, 4.69) is 11.2 Å². The van der Waals surface area contributed by atoms with Crippen LogP contribution >= 0.6 is 0 Å². The molecule has 2 N–H and O–H groups in total. The molecule has 5 nitrogen and oxygen atoms in total. The van der Waals surface area contributed by atoms with Crippen LogP contribution in [0.4, 0.5) is 4.79 Å². The summed E-state index contributed by atoms with van der Waals surface area (Å²) in [6.45, 7) is 2.81. The van der Waals surface area contributed by atoms with Crippen molar-refractivity contribution in [2.45, 2.75) is 57.4 Å². The first-order valence-corrected chi connectivity index (χ1v) is 7.25. The summed E-state index contributed by atoms with van der Waals surface area (Å²) in [7, 11) is 0. The molecule has 1 aliphatic carbocycles. The van der Waals surface area contributed by atoms with E-state index in [1.54, 1.807) is 4.90 Å². The number of rotatable bonds is 6. The Hall–Kier alpha value is -1.70. The zero-order chi connectivity index (χ0) is 15.0. The van der Waals surface area contributed by atoms with Gasteiger partial charge in [0.2, 0.25) is 0 Å². The summed E-state index contributed by atoms with van der Waals surface area (Å²) in [5.41, 5.74) is -0.609. The summed E-state index contributed by atoms with van der Waals surface area (Å²) >= 11 is 0. The molecule has 0 aromatic rings. The molecule has 0 spiro atoms. The van der Waals surface area contributed by atoms with Crippen LogP contribution in [0.1, 0.15) is 51.9 Å². The predicted octanol–water partition coefficient (Wildman–Crippen LogP) is 2.22. The monoisotopic (exact) mass is 280 g/mol. The second kappa shape index (κ2) is 7.78. The molecular formula is C15H24N2O3. The topological polar surface area (TPSA) is 69.6 Å². The van der Waals surface area contributed by atoms with E-state index in [1.807, 2.05) is 6.92 Å². The standard InChI is InChI=1S/C15H24N2O3/c1-3-10-17(11-4-2)14(20)16-15(12-13(18)19)8-6-5-7-9-15/h1H,4-12H2,2H3,(H,16,20)(H,18,19). The van der Waals surface area contributed by atoms with Crippen LogP contribution in [0.5, 0.6) is 0 Å². The molecule has 5 heteroatoms. The maximum Gasteiger partial charge on any atom is 0.318 e. The SMILES string of the molecule is C#CCN(CCC)C(=O)NC1(CC(=O)O)CCCCC1. The fourth-order valence-corrected chi connectivity index (χ4v) is 2.80. The maximum absolute atomic E-state index is 12.3. The highest BCUT2D eigenvalue weighted by Gasteiger charge is 2.36. The molecule has 2 amide bonds. The molecule has 0 atom stereocenters. The number of carboxylic acids is 1. The minimum atomic E-state index is -0.869. The van der Waals surface area contributed by atoms with E-state index < -0.39 is 11.5 Å². The summed E-state index contributed by atoms with van der Waals surface area (Å²) in [5.74, 6) is 1.60. The number of carboxylic acid groups (broad SMARTS) is 1. The Morgan fingerprint density at radius 3 is 2.50 bits per heavy atom. The van der Waals surface area contributed by atoms with E-state index in [-0.39, 0.29) is 19.0 Å². The molecule has 0 radical (unpaired) electrons. The van der Waals surface area contributed by atoms with Crippen molar-refractivity contribution < 1.29 is 14.7 Å². The first kappa shape index (κ1) is 16.4. The van der Waals surface area contributed by atoms with Crippen molar-refractivity contribution in [3.63, 3.8) is 0 Å². The lowest BCUT2D eigenvalue weighted by molar-refractivity contribution is -0.139. The Bertz CT molecular complexity index is 381. The Labute approximate surface area is 120 Å². The Kier molecular flexibility index (Phi) is 6.37. The third-order valence-corrected chi connectivity index (χ3v) is 3.74. The van der Waals surface area contributed by atoms with Crippen molar-refractivity contribution in [1.29, 1.82) is 0 Å². The van der Waals surface area contributed by atoms with Crippen molar-refractivity contribution in [3.05, 3.63) is 0 Å². The number of terminal acetylenes is 1. The van der Waals surface area contributed by atoms with Crippen molar-refractivity contribution in [2.24, 2.45) is 0 Å². The molecule has 1 saturated carbocycles. The van der Waals surface area contributed by atoms with Gasteiger partial charge in [0.05, 0.1) is 18.5 Å². The number of carbonyl (C=O) groups excluding carboxylic acids is 1. The third kappa shape index (κ3) is 4.76. The van der Waals surface area contributed by atoms with E-state index in [1.165, 1.54) is 0 Å². The Balaban J connectivity index is 2.74. The second-order valence-electron chi connectivity index (χ2n) is 5.47. The molecule has 1 fully saturated rings. The highest BCUT2D eigenvalue weighted by Crippen LogP contribution is 2.31. The average molecular weight is 280 g/mol. The van der Waals surface area contributed by atoms with E-state index in [0.29, 0.717) is 6.54 Å². The van der Waals surface area contributed by atoms with E-state index >= 15 is 0 Å². The van der Waals surface area contributed by atoms with Gasteiger partial charge < -0.3 is 15.3 Å². The first-order chi connectivity index (χ1) is 9.53. The lowest BCUT2D eigenvalue weighted by Gasteiger charge is -2.38. The number of nitrogens with zero attached hydrogens (tertiary/aromatic N) is 1. The van der Waals surface area contributed by atoms with Gasteiger partial charge in [-0.15, -0.1) is 6.42 Å². The number of hydrogen-bond donors (Lipinski definition) is 2. The fourth-order valence-electron chi connectivity index (χ4n) is 2.80. The predicted molar refractivity (Wildman–Crippen MR) is 77.3 cm³/mol. The lowest BCUT2D eigenvalue weighted by Crippen LogP contribution is -2.55. The molecule has 0 saturated heterocycles. The molecule has 0 bridgehead atoms. The summed E-state index contributed by atoms with van der Waals surface area (Å²) < 4.78 is 0. The molecule has 0 heterocycles. The lowest BCUT2D eigenvalue weighted by atomic mass is 9.79. The van der Waals surface area contributed by atoms with Gasteiger partial charge in [0.1, 0.15) is 0 Å². The quantitative estimate of drug-likeness (QED) is 0.733. The molecule has 0 aromatic carbocycles. The van der Waals surface area contributed by atoms with Gasteiger partial charge in [0.25, 0.3) is 0 Å². The summed E-state index contributed by atoms with van der Waals surface area (Å²) in [6, 6.07) is -0.243. The van der Waals surface area contributed by atoms with E-state index in [9.17, 15) is 9.59 Å². The second-order valence-corrected chi connectivity index (χ2v) is 5.47. The molecule has 112 valence electrons. The molecule has 20 heavy (non-hydrogen) atoms. The van der Waals surface area contributed by atoms with Crippen LogP contribution in [0.2, 0.25) is 0 Å². The average Bonchev–Trinajstić information content (AvgIpc) is 2.38. The highest BCUT2D eigenvalue weighted by atomic mass is 16.4. The van der Waals surface area contributed by atoms with Crippen LogP contribution in [0.25, 0.3) is 0 Å². The molecule has 0 unspecified atom stereocenters. The number of nitrogens with one attached hydrogen (secondary N) is 1.